The highest BCUT2D eigenvalue weighted by Gasteiger charge is 2.39. The molecule has 1 aliphatic heterocycles. The zero-order valence-electron chi connectivity index (χ0n) is 33.4. The summed E-state index contributed by atoms with van der Waals surface area (Å²) in [4.78, 5) is 90.1. The number of hydrogen-bond acceptors (Lipinski definition) is 10. The number of nitrogens with zero attached hydrogens (tertiary/aromatic N) is 3. The minimum Gasteiger partial charge on any atom is -0.493 e. The zero-order valence-corrected chi connectivity index (χ0v) is 33.4. The lowest BCUT2D eigenvalue weighted by Gasteiger charge is -2.26. The molecule has 1 unspecified atom stereocenters. The second-order valence-electron chi connectivity index (χ2n) is 15.1. The van der Waals surface area contributed by atoms with Gasteiger partial charge < -0.3 is 29.4 Å². The van der Waals surface area contributed by atoms with Crippen molar-refractivity contribution in [3.63, 3.8) is 0 Å². The molecule has 0 spiro atoms. The fourth-order valence-corrected chi connectivity index (χ4v) is 6.77. The van der Waals surface area contributed by atoms with Crippen molar-refractivity contribution in [2.45, 2.75) is 70.6 Å². The fraction of sp³-hybridized carbons (Fsp3) is 0.311. The summed E-state index contributed by atoms with van der Waals surface area (Å²) in [5.74, 6) is -3.82. The Balaban J connectivity index is 1.29. The number of ketones is 1. The van der Waals surface area contributed by atoms with Gasteiger partial charge in [0.15, 0.2) is 11.3 Å². The maximum absolute atomic E-state index is 14.6. The lowest BCUT2D eigenvalue weighted by molar-refractivity contribution is -0.155. The molecule has 0 fully saturated rings. The number of esters is 1. The van der Waals surface area contributed by atoms with Gasteiger partial charge >= 0.3 is 5.97 Å². The van der Waals surface area contributed by atoms with Crippen molar-refractivity contribution in [1.82, 2.24) is 15.6 Å². The van der Waals surface area contributed by atoms with Crippen LogP contribution in [-0.2, 0) is 41.6 Å². The van der Waals surface area contributed by atoms with Crippen LogP contribution in [0.25, 0.3) is 11.1 Å². The van der Waals surface area contributed by atoms with Gasteiger partial charge in [-0.15, -0.1) is 0 Å². The number of para-hydroxylation sites is 3. The summed E-state index contributed by atoms with van der Waals surface area (Å²) >= 11 is 0. The van der Waals surface area contributed by atoms with Crippen molar-refractivity contribution in [1.29, 1.82) is 0 Å². The number of anilines is 2. The number of rotatable bonds is 15. The van der Waals surface area contributed by atoms with Crippen LogP contribution in [0, 0.1) is 0 Å². The molecule has 59 heavy (non-hydrogen) atoms. The third kappa shape index (κ3) is 10.8. The number of fused-ring (bicyclic) bond motifs is 2. The average molecular weight is 802 g/mol. The van der Waals surface area contributed by atoms with Crippen molar-refractivity contribution >= 4 is 57.9 Å². The van der Waals surface area contributed by atoms with Gasteiger partial charge in [0, 0.05) is 12.8 Å². The van der Waals surface area contributed by atoms with Crippen LogP contribution >= 0.6 is 0 Å². The summed E-state index contributed by atoms with van der Waals surface area (Å²) in [5, 5.41) is 5.43. The molecule has 306 valence electrons. The molecule has 0 bridgehead atoms. The van der Waals surface area contributed by atoms with Crippen molar-refractivity contribution in [3.05, 3.63) is 120 Å². The first-order chi connectivity index (χ1) is 28.3. The number of aromatic nitrogens is 1. The summed E-state index contributed by atoms with van der Waals surface area (Å²) in [6.07, 6.45) is 0.454. The summed E-state index contributed by atoms with van der Waals surface area (Å²) in [5.41, 5.74) is 2.11. The fourth-order valence-electron chi connectivity index (χ4n) is 6.77. The van der Waals surface area contributed by atoms with E-state index >= 15 is 0 Å². The van der Waals surface area contributed by atoms with Crippen LogP contribution in [0.2, 0.25) is 0 Å². The molecule has 6 rings (SSSR count). The van der Waals surface area contributed by atoms with Gasteiger partial charge in [0.2, 0.25) is 23.5 Å². The number of benzene rings is 4. The van der Waals surface area contributed by atoms with Gasteiger partial charge in [-0.05, 0) is 69.0 Å². The Bertz CT molecular complexity index is 2320. The normalized spacial score (nSPS) is 14.5. The number of nitrogens with one attached hydrogen (secondary N) is 2. The Morgan fingerprint density at radius 3 is 2.08 bits per heavy atom. The van der Waals surface area contributed by atoms with Crippen LogP contribution in [0.15, 0.2) is 108 Å². The molecule has 2 atom stereocenters. The lowest BCUT2D eigenvalue weighted by Crippen LogP contribution is -2.55. The highest BCUT2D eigenvalue weighted by molar-refractivity contribution is 6.10. The molecule has 0 radical (unpaired) electrons. The lowest BCUT2D eigenvalue weighted by atomic mass is 10.1. The Morgan fingerprint density at radius 1 is 0.814 bits per heavy atom. The molecule has 0 saturated heterocycles. The van der Waals surface area contributed by atoms with E-state index in [1.807, 2.05) is 60.7 Å². The Labute approximate surface area is 341 Å². The SMILES string of the molecule is COc1cccc2nc(C(=O)C(CC(=O)OC(C)(C)C)NC(=O)CN3C(=O)[C@@H](NC(=O)CCc4ccccc4)CN(C(=O)CCc4ccccc4)c4ccccc43)oc12. The van der Waals surface area contributed by atoms with Gasteiger partial charge in [-0.1, -0.05) is 78.9 Å². The van der Waals surface area contributed by atoms with Gasteiger partial charge in [0.05, 0.1) is 31.5 Å². The van der Waals surface area contributed by atoms with E-state index in [9.17, 15) is 28.8 Å². The topological polar surface area (TPSA) is 177 Å². The van der Waals surface area contributed by atoms with E-state index < -0.39 is 60.1 Å². The number of ether oxygens (including phenoxy) is 2. The Hall–Kier alpha value is -6.83. The molecule has 1 aliphatic rings. The minimum absolute atomic E-state index is 0.0688. The second kappa shape index (κ2) is 18.6. The summed E-state index contributed by atoms with van der Waals surface area (Å²) in [7, 11) is 1.44. The highest BCUT2D eigenvalue weighted by atomic mass is 16.6. The smallest absolute Gasteiger partial charge is 0.308 e. The third-order valence-corrected chi connectivity index (χ3v) is 9.54. The van der Waals surface area contributed by atoms with E-state index in [0.29, 0.717) is 29.8 Å². The average Bonchev–Trinajstić information content (AvgIpc) is 3.63. The summed E-state index contributed by atoms with van der Waals surface area (Å²) in [6.45, 7) is 4.17. The summed E-state index contributed by atoms with van der Waals surface area (Å²) < 4.78 is 16.6. The predicted octanol–water partition coefficient (Wildman–Crippen LogP) is 5.37. The van der Waals surface area contributed by atoms with Gasteiger partial charge in [0.25, 0.3) is 11.8 Å². The first-order valence-electron chi connectivity index (χ1n) is 19.4. The van der Waals surface area contributed by atoms with E-state index in [-0.39, 0.29) is 42.5 Å². The van der Waals surface area contributed by atoms with Gasteiger partial charge in [0.1, 0.15) is 29.7 Å². The Morgan fingerprint density at radius 2 is 1.44 bits per heavy atom. The Kier molecular flexibility index (Phi) is 13.2. The third-order valence-electron chi connectivity index (χ3n) is 9.54. The molecule has 2 N–H and O–H groups in total. The molecule has 14 nitrogen and oxygen atoms in total. The van der Waals surface area contributed by atoms with Crippen LogP contribution < -0.4 is 25.2 Å². The molecular formula is C45H47N5O9. The van der Waals surface area contributed by atoms with Crippen LogP contribution in [-0.4, -0.2) is 78.2 Å². The number of aryl methyl sites for hydroxylation is 2. The quantitative estimate of drug-likeness (QED) is 0.103. The first kappa shape index (κ1) is 41.8. The van der Waals surface area contributed by atoms with Crippen molar-refractivity contribution in [2.24, 2.45) is 0 Å². The van der Waals surface area contributed by atoms with Crippen molar-refractivity contribution in [2.75, 3.05) is 30.0 Å². The molecule has 0 saturated carbocycles. The minimum atomic E-state index is -1.52. The van der Waals surface area contributed by atoms with Crippen LogP contribution in [0.5, 0.6) is 5.75 Å². The summed E-state index contributed by atoms with van der Waals surface area (Å²) in [6, 6.07) is 27.7. The first-order valence-corrected chi connectivity index (χ1v) is 19.4. The highest BCUT2D eigenvalue weighted by Crippen LogP contribution is 2.34. The van der Waals surface area contributed by atoms with E-state index in [1.165, 1.54) is 16.9 Å². The van der Waals surface area contributed by atoms with Crippen molar-refractivity contribution < 1.29 is 42.7 Å². The molecule has 14 heteroatoms. The number of carbonyl (C=O) groups excluding carboxylic acids is 6. The second-order valence-corrected chi connectivity index (χ2v) is 15.1. The number of carbonyl (C=O) groups is 6. The maximum Gasteiger partial charge on any atom is 0.308 e. The standard InChI is InChI=1S/C45H47N5O9/c1-45(2,3)59-40(54)26-32(41(55)43-48-31-18-13-21-36(57-4)42(31)58-43)46-38(52)28-50-35-20-12-11-19-34(35)49(39(53)25-23-30-16-9-6-10-17-30)27-33(44(50)56)47-37(51)24-22-29-14-7-5-8-15-29/h5-21,32-33H,22-28H2,1-4H3,(H,46,52)(H,47,51)/t32?,33-/m0/s1. The molecule has 4 amide bonds. The molecule has 1 aromatic heterocycles. The van der Waals surface area contributed by atoms with Crippen LogP contribution in [0.3, 0.4) is 0 Å². The van der Waals surface area contributed by atoms with Gasteiger partial charge in [-0.3, -0.25) is 33.7 Å². The number of methoxy groups -OCH3 is 1. The van der Waals surface area contributed by atoms with E-state index in [4.69, 9.17) is 13.9 Å². The van der Waals surface area contributed by atoms with E-state index in [2.05, 4.69) is 15.6 Å². The molecule has 0 aliphatic carbocycles. The number of oxazole rings is 1. The van der Waals surface area contributed by atoms with Crippen molar-refractivity contribution in [3.8, 4) is 5.75 Å². The largest absolute Gasteiger partial charge is 0.493 e. The monoisotopic (exact) mass is 801 g/mol. The van der Waals surface area contributed by atoms with E-state index in [1.54, 1.807) is 63.2 Å². The number of Topliss-reactive ketones (excluding diaryl/α,β-unsaturated/α-hetero) is 1. The van der Waals surface area contributed by atoms with Crippen LogP contribution in [0.4, 0.5) is 11.4 Å². The predicted molar refractivity (Wildman–Crippen MR) is 220 cm³/mol. The zero-order chi connectivity index (χ0) is 42.1. The van der Waals surface area contributed by atoms with Gasteiger partial charge in [-0.2, -0.15) is 0 Å². The van der Waals surface area contributed by atoms with Crippen LogP contribution in [0.1, 0.15) is 61.8 Å². The molecular weight excluding hydrogens is 755 g/mol. The van der Waals surface area contributed by atoms with Gasteiger partial charge in [-0.25, -0.2) is 4.98 Å². The maximum atomic E-state index is 14.6. The molecule has 5 aromatic rings. The number of hydrogen-bond donors (Lipinski definition) is 2. The molecule has 4 aromatic carbocycles. The molecule has 2 heterocycles. The number of amides is 4. The van der Waals surface area contributed by atoms with E-state index in [0.717, 1.165) is 11.1 Å².